The molecule has 6 rings (SSSR count). The number of piperazine rings is 1. The fourth-order valence-electron chi connectivity index (χ4n) is 5.81. The number of aliphatic hydroxyl groups excluding tert-OH is 1. The molecule has 3 atom stereocenters. The number of alkyl halides is 1. The average molecular weight is 617 g/mol. The quantitative estimate of drug-likeness (QED) is 0.367. The molecule has 0 saturated carbocycles. The molecule has 3 fully saturated rings. The Morgan fingerprint density at radius 3 is 2.60 bits per heavy atom. The van der Waals surface area contributed by atoms with Crippen LogP contribution < -0.4 is 15.0 Å². The first-order valence-electron chi connectivity index (χ1n) is 15.3. The molecule has 236 valence electrons. The van der Waals surface area contributed by atoms with Crippen molar-refractivity contribution in [2.75, 3.05) is 62.7 Å². The first kappa shape index (κ1) is 30.6. The van der Waals surface area contributed by atoms with Crippen LogP contribution in [0.5, 0.6) is 5.75 Å². The molecule has 4 heterocycles. The third-order valence-corrected chi connectivity index (χ3v) is 8.45. The summed E-state index contributed by atoms with van der Waals surface area (Å²) in [5.41, 5.74) is 2.81. The number of ether oxygens (including phenoxy) is 2. The number of hydrogen-bond donors (Lipinski definition) is 2. The van der Waals surface area contributed by atoms with Crippen molar-refractivity contribution in [1.82, 2.24) is 24.8 Å². The van der Waals surface area contributed by atoms with Gasteiger partial charge in [0.2, 0.25) is 11.9 Å². The predicted molar refractivity (Wildman–Crippen MR) is 165 cm³/mol. The zero-order valence-corrected chi connectivity index (χ0v) is 25.2. The van der Waals surface area contributed by atoms with Crippen LogP contribution in [0.25, 0.3) is 11.4 Å². The summed E-state index contributed by atoms with van der Waals surface area (Å²) < 4.78 is 26.2. The number of carbonyl (C=O) groups is 1. The number of aromatic nitrogens is 3. The van der Waals surface area contributed by atoms with Gasteiger partial charge in [0.1, 0.15) is 24.3 Å². The van der Waals surface area contributed by atoms with Crippen LogP contribution in [0, 0.1) is 11.3 Å². The highest BCUT2D eigenvalue weighted by Gasteiger charge is 2.34. The summed E-state index contributed by atoms with van der Waals surface area (Å²) >= 11 is 0. The molecule has 3 aliphatic heterocycles. The van der Waals surface area contributed by atoms with Crippen molar-refractivity contribution in [2.45, 2.75) is 44.2 Å². The monoisotopic (exact) mass is 616 g/mol. The molecule has 3 aliphatic rings. The third kappa shape index (κ3) is 7.30. The molecule has 12 nitrogen and oxygen atoms in total. The molecule has 3 aromatic rings. The van der Waals surface area contributed by atoms with E-state index in [0.717, 1.165) is 45.1 Å². The lowest BCUT2D eigenvalue weighted by Gasteiger charge is -2.43. The van der Waals surface area contributed by atoms with E-state index in [1.54, 1.807) is 18.2 Å². The molecule has 1 aromatic heterocycles. The summed E-state index contributed by atoms with van der Waals surface area (Å²) in [6, 6.07) is 15.8. The van der Waals surface area contributed by atoms with E-state index in [1.165, 1.54) is 23.8 Å². The highest BCUT2D eigenvalue weighted by atomic mass is 19.1. The van der Waals surface area contributed by atoms with E-state index in [2.05, 4.69) is 48.3 Å². The molecule has 0 unspecified atom stereocenters. The Morgan fingerprint density at radius 1 is 1.16 bits per heavy atom. The number of nitrogens with zero attached hydrogens (tertiary/aromatic N) is 7. The minimum absolute atomic E-state index is 0.0476. The Morgan fingerprint density at radius 2 is 1.93 bits per heavy atom. The van der Waals surface area contributed by atoms with E-state index in [9.17, 15) is 19.6 Å². The molecule has 0 spiro atoms. The van der Waals surface area contributed by atoms with Crippen LogP contribution in [0.1, 0.15) is 25.3 Å². The van der Waals surface area contributed by atoms with E-state index < -0.39 is 18.4 Å². The summed E-state index contributed by atoms with van der Waals surface area (Å²) in [6.07, 6.45) is -1.38. The van der Waals surface area contributed by atoms with Crippen molar-refractivity contribution in [2.24, 2.45) is 0 Å². The molecule has 0 bridgehead atoms. The Hall–Kier alpha value is -4.38. The van der Waals surface area contributed by atoms with Gasteiger partial charge in [-0.2, -0.15) is 10.2 Å². The molecule has 0 radical (unpaired) electrons. The van der Waals surface area contributed by atoms with Gasteiger partial charge in [0, 0.05) is 56.1 Å². The van der Waals surface area contributed by atoms with Gasteiger partial charge in [-0.15, -0.1) is 0 Å². The number of rotatable bonds is 9. The molecule has 0 aliphatic carbocycles. The van der Waals surface area contributed by atoms with Crippen LogP contribution in [-0.4, -0.2) is 113 Å². The van der Waals surface area contributed by atoms with Gasteiger partial charge in [-0.1, -0.05) is 0 Å². The number of nitrogens with one attached hydrogen (secondary N) is 1. The van der Waals surface area contributed by atoms with Crippen molar-refractivity contribution < 1.29 is 23.8 Å². The second-order valence-electron chi connectivity index (χ2n) is 11.7. The number of piperidine rings is 1. The standard InChI is InChI=1S/C32H37FN8O4/c1-21(42)14-30(43)41-9-8-29(27(33)17-41)45-28-7-2-22(15-23(28)16-34)31-35-20-36-32(38-31)37-24-3-5-25(6-4-24)39-10-12-40(13-11-39)26-18-44-19-26/h2-7,15,20-21,26-27,29,42H,8-14,17-19H2,1H3,(H,35,36,37,38)/t21-,27-,29-/m0/s1. The van der Waals surface area contributed by atoms with Gasteiger partial charge in [-0.05, 0) is 49.4 Å². The van der Waals surface area contributed by atoms with Gasteiger partial charge < -0.3 is 29.7 Å². The lowest BCUT2D eigenvalue weighted by atomic mass is 10.0. The zero-order valence-electron chi connectivity index (χ0n) is 25.2. The Bertz CT molecular complexity index is 1520. The van der Waals surface area contributed by atoms with E-state index in [1.807, 2.05) is 12.1 Å². The smallest absolute Gasteiger partial charge is 0.230 e. The molecular weight excluding hydrogens is 579 g/mol. The summed E-state index contributed by atoms with van der Waals surface area (Å²) in [5.74, 6) is 0.694. The second kappa shape index (κ2) is 13.7. The Kier molecular flexibility index (Phi) is 9.34. The summed E-state index contributed by atoms with van der Waals surface area (Å²) in [7, 11) is 0. The van der Waals surface area contributed by atoms with Crippen molar-refractivity contribution in [1.29, 1.82) is 5.26 Å². The maximum atomic E-state index is 15.0. The van der Waals surface area contributed by atoms with Crippen LogP contribution >= 0.6 is 0 Å². The number of amides is 1. The van der Waals surface area contributed by atoms with Gasteiger partial charge >= 0.3 is 0 Å². The van der Waals surface area contributed by atoms with E-state index in [4.69, 9.17) is 9.47 Å². The number of halogens is 1. The fraction of sp³-hybridized carbons (Fsp3) is 0.469. The number of benzene rings is 2. The lowest BCUT2D eigenvalue weighted by Crippen LogP contribution is -2.56. The van der Waals surface area contributed by atoms with Gasteiger partial charge in [0.15, 0.2) is 12.0 Å². The molecule has 2 aromatic carbocycles. The number of hydrogen-bond acceptors (Lipinski definition) is 11. The molecule has 45 heavy (non-hydrogen) atoms. The molecule has 2 N–H and O–H groups in total. The SMILES string of the molecule is C[C@H](O)CC(=O)N1CC[C@H](Oc2ccc(-c3ncnc(Nc4ccc(N5CCN(C6COC6)CC5)cc4)n3)cc2C#N)[C@@H](F)C1. The largest absolute Gasteiger partial charge is 0.486 e. The Labute approximate surface area is 261 Å². The molecule has 1 amide bonds. The third-order valence-electron chi connectivity index (χ3n) is 8.45. The summed E-state index contributed by atoms with van der Waals surface area (Å²) in [5, 5.41) is 22.5. The van der Waals surface area contributed by atoms with Crippen LogP contribution in [0.2, 0.25) is 0 Å². The normalized spacial score (nSPS) is 21.5. The van der Waals surface area contributed by atoms with Gasteiger partial charge in [0.25, 0.3) is 0 Å². The maximum absolute atomic E-state index is 15.0. The first-order chi connectivity index (χ1) is 21.9. The topological polar surface area (TPSA) is 140 Å². The fourth-order valence-corrected chi connectivity index (χ4v) is 5.81. The first-order valence-corrected chi connectivity index (χ1v) is 15.3. The lowest BCUT2D eigenvalue weighted by molar-refractivity contribution is -0.136. The number of carbonyl (C=O) groups excluding carboxylic acids is 1. The highest BCUT2D eigenvalue weighted by Crippen LogP contribution is 2.29. The van der Waals surface area contributed by atoms with Crippen LogP contribution in [0.4, 0.5) is 21.7 Å². The van der Waals surface area contributed by atoms with Gasteiger partial charge in [-0.25, -0.2) is 14.4 Å². The number of anilines is 3. The number of likely N-dealkylation sites (tertiary alicyclic amines) is 1. The van der Waals surface area contributed by atoms with Crippen molar-refractivity contribution in [3.8, 4) is 23.2 Å². The predicted octanol–water partition coefficient (Wildman–Crippen LogP) is 2.76. The number of nitriles is 1. The average Bonchev–Trinajstić information content (AvgIpc) is 3.02. The van der Waals surface area contributed by atoms with Crippen LogP contribution in [0.3, 0.4) is 0 Å². The van der Waals surface area contributed by atoms with Crippen molar-refractivity contribution in [3.05, 3.63) is 54.4 Å². The van der Waals surface area contributed by atoms with Crippen molar-refractivity contribution >= 4 is 23.2 Å². The Balaban J connectivity index is 1.06. The zero-order chi connectivity index (χ0) is 31.3. The minimum Gasteiger partial charge on any atom is -0.486 e. The molecular formula is C32H37FN8O4. The van der Waals surface area contributed by atoms with Crippen LogP contribution in [-0.2, 0) is 9.53 Å². The maximum Gasteiger partial charge on any atom is 0.230 e. The summed E-state index contributed by atoms with van der Waals surface area (Å²) in [6.45, 7) is 7.43. The summed E-state index contributed by atoms with van der Waals surface area (Å²) in [4.78, 5) is 31.6. The van der Waals surface area contributed by atoms with Gasteiger partial charge in [-0.3, -0.25) is 9.69 Å². The van der Waals surface area contributed by atoms with E-state index in [-0.39, 0.29) is 36.6 Å². The van der Waals surface area contributed by atoms with E-state index in [0.29, 0.717) is 29.9 Å². The van der Waals surface area contributed by atoms with Crippen molar-refractivity contribution in [3.63, 3.8) is 0 Å². The molecule has 3 saturated heterocycles. The van der Waals surface area contributed by atoms with Crippen LogP contribution in [0.15, 0.2) is 48.8 Å². The number of aliphatic hydroxyl groups is 1. The van der Waals surface area contributed by atoms with E-state index >= 15 is 0 Å². The van der Waals surface area contributed by atoms with Gasteiger partial charge in [0.05, 0.1) is 43.9 Å². The highest BCUT2D eigenvalue weighted by molar-refractivity contribution is 5.76. The minimum atomic E-state index is -1.42. The molecule has 13 heteroatoms. The second-order valence-corrected chi connectivity index (χ2v) is 11.7.